The summed E-state index contributed by atoms with van der Waals surface area (Å²) >= 11 is 12.3. The van der Waals surface area contributed by atoms with Crippen molar-refractivity contribution in [2.75, 3.05) is 5.73 Å². The second-order valence-electron chi connectivity index (χ2n) is 9.53. The predicted octanol–water partition coefficient (Wildman–Crippen LogP) is 5.06. The Labute approximate surface area is 219 Å². The van der Waals surface area contributed by atoms with Crippen molar-refractivity contribution in [3.05, 3.63) is 92.5 Å². The molecule has 3 atom stereocenters. The van der Waals surface area contributed by atoms with Crippen molar-refractivity contribution in [1.29, 1.82) is 0 Å². The van der Waals surface area contributed by atoms with Crippen LogP contribution in [0.25, 0.3) is 22.4 Å². The van der Waals surface area contributed by atoms with Crippen LogP contribution in [0.15, 0.2) is 64.8 Å². The van der Waals surface area contributed by atoms with Crippen LogP contribution < -0.4 is 11.3 Å². The van der Waals surface area contributed by atoms with E-state index in [0.29, 0.717) is 17.0 Å². The molecule has 11 heteroatoms. The molecule has 3 aliphatic rings. The van der Waals surface area contributed by atoms with E-state index in [-0.39, 0.29) is 34.1 Å². The molecule has 2 N–H and O–H groups in total. The van der Waals surface area contributed by atoms with Gasteiger partial charge in [0.05, 0.1) is 22.4 Å². The van der Waals surface area contributed by atoms with Gasteiger partial charge in [0, 0.05) is 52.2 Å². The molecule has 2 aromatic heterocycles. The molecule has 184 valence electrons. The van der Waals surface area contributed by atoms with Gasteiger partial charge in [-0.25, -0.2) is 4.39 Å². The Morgan fingerprint density at radius 2 is 1.95 bits per heavy atom. The smallest absolute Gasteiger partial charge is 0.251 e. The first-order chi connectivity index (χ1) is 17.9. The highest BCUT2D eigenvalue weighted by Crippen LogP contribution is 2.60. The van der Waals surface area contributed by atoms with Crippen LogP contribution in [-0.2, 0) is 0 Å². The van der Waals surface area contributed by atoms with E-state index in [9.17, 15) is 9.18 Å². The van der Waals surface area contributed by atoms with Gasteiger partial charge in [0.1, 0.15) is 6.33 Å². The van der Waals surface area contributed by atoms with Crippen molar-refractivity contribution in [3.63, 3.8) is 0 Å². The number of benzene rings is 2. The van der Waals surface area contributed by atoms with Crippen LogP contribution in [0.2, 0.25) is 10.0 Å². The molecule has 0 bridgehead atoms. The fraction of sp³-hybridized carbons (Fsp3) is 0.192. The zero-order valence-electron chi connectivity index (χ0n) is 19.1. The molecule has 1 fully saturated rings. The molecule has 1 saturated carbocycles. The van der Waals surface area contributed by atoms with E-state index in [2.05, 4.69) is 26.6 Å². The number of halogens is 3. The van der Waals surface area contributed by atoms with Gasteiger partial charge in [-0.1, -0.05) is 23.2 Å². The third-order valence-corrected chi connectivity index (χ3v) is 8.04. The van der Waals surface area contributed by atoms with Crippen molar-refractivity contribution < 1.29 is 4.39 Å². The molecule has 2 aromatic carbocycles. The van der Waals surface area contributed by atoms with Gasteiger partial charge < -0.3 is 10.3 Å². The predicted molar refractivity (Wildman–Crippen MR) is 140 cm³/mol. The maximum atomic E-state index is 14.8. The SMILES string of the molecule is Nc1ccc(C2=CN=C([C@@H]3[C@H]4C[C@H]4c4cc(-c5cc(Cl)ccc5-n5cnnn5)cc(=O)n43)C2)c(F)c1Cl. The van der Waals surface area contributed by atoms with Crippen molar-refractivity contribution >= 4 is 40.2 Å². The molecule has 0 amide bonds. The first-order valence-corrected chi connectivity index (χ1v) is 12.5. The van der Waals surface area contributed by atoms with Gasteiger partial charge >= 0.3 is 0 Å². The number of nitrogens with zero attached hydrogens (tertiary/aromatic N) is 6. The number of hydrogen-bond acceptors (Lipinski definition) is 6. The summed E-state index contributed by atoms with van der Waals surface area (Å²) in [6.07, 6.45) is 4.58. The molecule has 2 aliphatic heterocycles. The number of anilines is 1. The van der Waals surface area contributed by atoms with Crippen LogP contribution in [0.5, 0.6) is 0 Å². The van der Waals surface area contributed by atoms with Gasteiger partial charge in [-0.3, -0.25) is 9.79 Å². The Hall–Kier alpha value is -3.82. The van der Waals surface area contributed by atoms with Crippen LogP contribution in [0.4, 0.5) is 10.1 Å². The number of hydrogen-bond donors (Lipinski definition) is 1. The highest BCUT2D eigenvalue weighted by atomic mass is 35.5. The second kappa shape index (κ2) is 8.09. The monoisotopic (exact) mass is 533 g/mol. The van der Waals surface area contributed by atoms with Crippen molar-refractivity contribution in [2.24, 2.45) is 10.9 Å². The summed E-state index contributed by atoms with van der Waals surface area (Å²) in [7, 11) is 0. The Morgan fingerprint density at radius 3 is 2.76 bits per heavy atom. The number of nitrogens with two attached hydrogens (primary N) is 1. The molecule has 0 spiro atoms. The van der Waals surface area contributed by atoms with Crippen molar-refractivity contribution in [1.82, 2.24) is 24.8 Å². The van der Waals surface area contributed by atoms with Crippen molar-refractivity contribution in [3.8, 4) is 16.8 Å². The van der Waals surface area contributed by atoms with Gasteiger partial charge in [-0.2, -0.15) is 4.68 Å². The summed E-state index contributed by atoms with van der Waals surface area (Å²) in [6, 6.07) is 12.1. The molecule has 4 heterocycles. The number of tetrazole rings is 1. The van der Waals surface area contributed by atoms with Crippen molar-refractivity contribution in [2.45, 2.75) is 24.8 Å². The minimum absolute atomic E-state index is 0.0915. The zero-order chi connectivity index (χ0) is 25.4. The average Bonchev–Trinajstić information content (AvgIpc) is 3.23. The van der Waals surface area contributed by atoms with Crippen LogP contribution in [0.1, 0.15) is 36.1 Å². The molecular weight excluding hydrogens is 516 g/mol. The standard InChI is InChI=1S/C26H18Cl2FN7O/c27-14-1-4-21(35-11-32-33-34-35)16(8-14)12-6-22-17-9-18(17)26(36(22)23(37)7-12)20-5-13(10-31-20)15-2-3-19(30)24(28)25(15)29/h1-4,6-8,10-11,17-18,26H,5,9,30H2/t17-,18+,26+/m1/s1. The van der Waals surface area contributed by atoms with E-state index in [1.54, 1.807) is 35.1 Å². The molecule has 7 rings (SSSR count). The Bertz CT molecular complexity index is 1730. The van der Waals surface area contributed by atoms with E-state index in [1.807, 2.05) is 16.7 Å². The van der Waals surface area contributed by atoms with Crippen LogP contribution >= 0.6 is 23.2 Å². The third kappa shape index (κ3) is 3.45. The number of fused-ring (bicyclic) bond motifs is 3. The molecule has 37 heavy (non-hydrogen) atoms. The van der Waals surface area contributed by atoms with Crippen LogP contribution in [0.3, 0.4) is 0 Å². The van der Waals surface area contributed by atoms with E-state index >= 15 is 0 Å². The molecule has 8 nitrogen and oxygen atoms in total. The van der Waals surface area contributed by atoms with E-state index in [0.717, 1.165) is 40.2 Å². The largest absolute Gasteiger partial charge is 0.397 e. The molecule has 4 aromatic rings. The normalized spacial score (nSPS) is 21.4. The van der Waals surface area contributed by atoms with Crippen LogP contribution in [-0.4, -0.2) is 30.5 Å². The first kappa shape index (κ1) is 22.4. The molecule has 0 unspecified atom stereocenters. The fourth-order valence-electron chi connectivity index (χ4n) is 5.65. The highest BCUT2D eigenvalue weighted by Gasteiger charge is 2.54. The minimum Gasteiger partial charge on any atom is -0.397 e. The number of rotatable bonds is 4. The molecule has 1 aliphatic carbocycles. The molecule has 0 saturated heterocycles. The Kier molecular flexibility index (Phi) is 4.90. The summed E-state index contributed by atoms with van der Waals surface area (Å²) in [4.78, 5) is 18.2. The fourth-order valence-corrected chi connectivity index (χ4v) is 5.98. The summed E-state index contributed by atoms with van der Waals surface area (Å²) < 4.78 is 18.2. The number of allylic oxidation sites excluding steroid dienone is 1. The maximum absolute atomic E-state index is 14.8. The summed E-state index contributed by atoms with van der Waals surface area (Å²) in [5, 5.41) is 11.9. The van der Waals surface area contributed by atoms with Gasteiger partial charge in [0.15, 0.2) is 5.82 Å². The number of aromatic nitrogens is 5. The lowest BCUT2D eigenvalue weighted by molar-refractivity contribution is 0.583. The summed E-state index contributed by atoms with van der Waals surface area (Å²) in [6.45, 7) is 0. The number of pyridine rings is 1. The Morgan fingerprint density at radius 1 is 1.08 bits per heavy atom. The topological polar surface area (TPSA) is 104 Å². The van der Waals surface area contributed by atoms with Gasteiger partial charge in [0.25, 0.3) is 5.56 Å². The first-order valence-electron chi connectivity index (χ1n) is 11.7. The molecular formula is C26H18Cl2FN7O. The van der Waals surface area contributed by atoms with E-state index < -0.39 is 5.82 Å². The zero-order valence-corrected chi connectivity index (χ0v) is 20.7. The lowest BCUT2D eigenvalue weighted by atomic mass is 9.97. The lowest BCUT2D eigenvalue weighted by Crippen LogP contribution is -2.29. The van der Waals surface area contributed by atoms with Crippen LogP contribution in [0, 0.1) is 11.7 Å². The number of aliphatic imine (C=N–C) groups is 1. The molecule has 0 radical (unpaired) electrons. The Balaban J connectivity index is 1.25. The average molecular weight is 534 g/mol. The lowest BCUT2D eigenvalue weighted by Gasteiger charge is -2.20. The minimum atomic E-state index is -0.554. The highest BCUT2D eigenvalue weighted by molar-refractivity contribution is 6.33. The van der Waals surface area contributed by atoms with Gasteiger partial charge in [-0.15, -0.1) is 5.10 Å². The number of nitrogen functional groups attached to an aromatic ring is 1. The third-order valence-electron chi connectivity index (χ3n) is 7.42. The second-order valence-corrected chi connectivity index (χ2v) is 10.3. The van der Waals surface area contributed by atoms with E-state index in [4.69, 9.17) is 28.9 Å². The summed E-state index contributed by atoms with van der Waals surface area (Å²) in [5.74, 6) is -0.00220. The maximum Gasteiger partial charge on any atom is 0.251 e. The van der Waals surface area contributed by atoms with E-state index in [1.165, 1.54) is 6.33 Å². The van der Waals surface area contributed by atoms with Gasteiger partial charge in [0.2, 0.25) is 0 Å². The quantitative estimate of drug-likeness (QED) is 0.369. The summed E-state index contributed by atoms with van der Waals surface area (Å²) in [5.41, 5.74) is 11.0. The van der Waals surface area contributed by atoms with Gasteiger partial charge in [-0.05, 0) is 70.3 Å².